The number of benzene rings is 1. The molecule has 0 saturated carbocycles. The van der Waals surface area contributed by atoms with Crippen molar-refractivity contribution in [1.29, 1.82) is 0 Å². The fourth-order valence-corrected chi connectivity index (χ4v) is 1.62. The van der Waals surface area contributed by atoms with Gasteiger partial charge >= 0.3 is 0 Å². The van der Waals surface area contributed by atoms with Gasteiger partial charge in [-0.25, -0.2) is 4.39 Å². The molecule has 0 heterocycles. The van der Waals surface area contributed by atoms with Crippen molar-refractivity contribution < 1.29 is 13.9 Å². The number of ether oxygens (including phenoxy) is 1. The molecule has 0 unspecified atom stereocenters. The molecular formula is C9H9FO2S. The fourth-order valence-electron chi connectivity index (χ4n) is 1.04. The van der Waals surface area contributed by atoms with Crippen LogP contribution in [0.15, 0.2) is 17.0 Å². The number of thioether (sulfide) groups is 1. The van der Waals surface area contributed by atoms with Crippen LogP contribution in [0, 0.1) is 5.82 Å². The number of rotatable bonds is 3. The van der Waals surface area contributed by atoms with Crippen molar-refractivity contribution in [3.63, 3.8) is 0 Å². The molecule has 0 fully saturated rings. The van der Waals surface area contributed by atoms with Gasteiger partial charge in [0.25, 0.3) is 0 Å². The Balaban J connectivity index is 3.36. The van der Waals surface area contributed by atoms with E-state index in [1.165, 1.54) is 24.9 Å². The van der Waals surface area contributed by atoms with E-state index in [1.807, 2.05) is 6.26 Å². The molecule has 1 aromatic carbocycles. The first kappa shape index (κ1) is 10.1. The van der Waals surface area contributed by atoms with Crippen LogP contribution in [0.25, 0.3) is 0 Å². The van der Waals surface area contributed by atoms with E-state index in [4.69, 9.17) is 4.74 Å². The van der Waals surface area contributed by atoms with Gasteiger partial charge in [-0.2, -0.15) is 0 Å². The Labute approximate surface area is 80.1 Å². The minimum absolute atomic E-state index is 0.0191. The molecule has 0 saturated heterocycles. The van der Waals surface area contributed by atoms with E-state index in [2.05, 4.69) is 0 Å². The highest BCUT2D eigenvalue weighted by atomic mass is 32.2. The van der Waals surface area contributed by atoms with Gasteiger partial charge in [0.05, 0.1) is 17.6 Å². The number of carbonyl (C=O) groups excluding carboxylic acids is 1. The average Bonchev–Trinajstić information content (AvgIpc) is 2.17. The first-order valence-corrected chi connectivity index (χ1v) is 4.82. The van der Waals surface area contributed by atoms with E-state index < -0.39 is 5.82 Å². The quantitative estimate of drug-likeness (QED) is 0.553. The van der Waals surface area contributed by atoms with E-state index in [9.17, 15) is 9.18 Å². The van der Waals surface area contributed by atoms with Gasteiger partial charge in [-0.15, -0.1) is 11.8 Å². The van der Waals surface area contributed by atoms with E-state index in [1.54, 1.807) is 6.07 Å². The minimum Gasteiger partial charge on any atom is -0.495 e. The van der Waals surface area contributed by atoms with Gasteiger partial charge in [0.15, 0.2) is 6.29 Å². The molecule has 0 bridgehead atoms. The minimum atomic E-state index is -0.551. The van der Waals surface area contributed by atoms with Crippen LogP contribution in [0.1, 0.15) is 10.4 Å². The summed E-state index contributed by atoms with van der Waals surface area (Å²) < 4.78 is 18.0. The second-order valence-corrected chi connectivity index (χ2v) is 3.16. The van der Waals surface area contributed by atoms with Crippen LogP contribution < -0.4 is 4.74 Å². The Morgan fingerprint density at radius 1 is 1.54 bits per heavy atom. The molecule has 2 nitrogen and oxygen atoms in total. The Morgan fingerprint density at radius 3 is 2.69 bits per heavy atom. The lowest BCUT2D eigenvalue weighted by Crippen LogP contribution is -1.96. The maximum Gasteiger partial charge on any atom is 0.156 e. The first-order valence-electron chi connectivity index (χ1n) is 3.60. The van der Waals surface area contributed by atoms with Crippen LogP contribution in [-0.2, 0) is 0 Å². The molecule has 70 valence electrons. The van der Waals surface area contributed by atoms with Gasteiger partial charge in [-0.3, -0.25) is 4.79 Å². The summed E-state index contributed by atoms with van der Waals surface area (Å²) in [5, 5.41) is 0. The van der Waals surface area contributed by atoms with Crippen LogP contribution in [0.5, 0.6) is 5.75 Å². The summed E-state index contributed by atoms with van der Waals surface area (Å²) in [6.45, 7) is 0. The predicted molar refractivity (Wildman–Crippen MR) is 50.1 cm³/mol. The average molecular weight is 200 g/mol. The van der Waals surface area contributed by atoms with Crippen LogP contribution in [0.2, 0.25) is 0 Å². The molecule has 0 aromatic heterocycles. The summed E-state index contributed by atoms with van der Waals surface area (Å²) in [7, 11) is 1.42. The molecule has 0 aliphatic rings. The van der Waals surface area contributed by atoms with Crippen molar-refractivity contribution in [2.45, 2.75) is 4.90 Å². The largest absolute Gasteiger partial charge is 0.495 e. The SMILES string of the molecule is COc1c(SC)ccc(F)c1C=O. The summed E-state index contributed by atoms with van der Waals surface area (Å²) >= 11 is 1.41. The van der Waals surface area contributed by atoms with Crippen LogP contribution in [-0.4, -0.2) is 19.7 Å². The molecule has 0 radical (unpaired) electrons. The summed E-state index contributed by atoms with van der Waals surface area (Å²) in [4.78, 5) is 11.3. The third-order valence-electron chi connectivity index (χ3n) is 1.65. The number of methoxy groups -OCH3 is 1. The third kappa shape index (κ3) is 1.83. The van der Waals surface area contributed by atoms with Gasteiger partial charge < -0.3 is 4.74 Å². The van der Waals surface area contributed by atoms with Crippen molar-refractivity contribution in [3.8, 4) is 5.75 Å². The summed E-state index contributed by atoms with van der Waals surface area (Å²) in [5.41, 5.74) is -0.0191. The lowest BCUT2D eigenvalue weighted by Gasteiger charge is -2.08. The second kappa shape index (κ2) is 4.28. The molecule has 4 heteroatoms. The molecule has 13 heavy (non-hydrogen) atoms. The summed E-state index contributed by atoms with van der Waals surface area (Å²) in [5.74, 6) is -0.243. The van der Waals surface area contributed by atoms with Crippen molar-refractivity contribution in [2.75, 3.05) is 13.4 Å². The smallest absolute Gasteiger partial charge is 0.156 e. The van der Waals surface area contributed by atoms with Crippen molar-refractivity contribution >= 4 is 18.0 Å². The van der Waals surface area contributed by atoms with Crippen molar-refractivity contribution in [1.82, 2.24) is 0 Å². The van der Waals surface area contributed by atoms with E-state index in [0.717, 1.165) is 4.90 Å². The Bertz CT molecular complexity index is 326. The molecule has 1 aromatic rings. The monoisotopic (exact) mass is 200 g/mol. The van der Waals surface area contributed by atoms with Crippen LogP contribution in [0.4, 0.5) is 4.39 Å². The molecule has 0 aliphatic heterocycles. The van der Waals surface area contributed by atoms with Gasteiger partial charge in [-0.1, -0.05) is 0 Å². The van der Waals surface area contributed by atoms with E-state index in [0.29, 0.717) is 12.0 Å². The first-order chi connectivity index (χ1) is 6.24. The molecular weight excluding hydrogens is 191 g/mol. The van der Waals surface area contributed by atoms with Gasteiger partial charge in [-0.05, 0) is 18.4 Å². The second-order valence-electron chi connectivity index (χ2n) is 2.31. The van der Waals surface area contributed by atoms with Crippen molar-refractivity contribution in [2.24, 2.45) is 0 Å². The van der Waals surface area contributed by atoms with Gasteiger partial charge in [0.2, 0.25) is 0 Å². The fraction of sp³-hybridized carbons (Fsp3) is 0.222. The zero-order valence-corrected chi connectivity index (χ0v) is 8.15. The Hall–Kier alpha value is -1.03. The molecule has 0 amide bonds. The number of hydrogen-bond donors (Lipinski definition) is 0. The topological polar surface area (TPSA) is 26.3 Å². The number of carbonyl (C=O) groups is 1. The summed E-state index contributed by atoms with van der Waals surface area (Å²) in [6.07, 6.45) is 2.30. The molecule has 0 N–H and O–H groups in total. The number of aldehydes is 1. The predicted octanol–water partition coefficient (Wildman–Crippen LogP) is 2.37. The zero-order chi connectivity index (χ0) is 9.84. The van der Waals surface area contributed by atoms with E-state index in [-0.39, 0.29) is 5.56 Å². The van der Waals surface area contributed by atoms with Crippen molar-refractivity contribution in [3.05, 3.63) is 23.5 Å². The number of halogens is 1. The standard InChI is InChI=1S/C9H9FO2S/c1-12-9-6(5-11)7(10)3-4-8(9)13-2/h3-5H,1-2H3. The lowest BCUT2D eigenvalue weighted by molar-refractivity contribution is 0.111. The maximum absolute atomic E-state index is 13.0. The zero-order valence-electron chi connectivity index (χ0n) is 7.33. The maximum atomic E-state index is 13.0. The molecule has 0 atom stereocenters. The van der Waals surface area contributed by atoms with Crippen LogP contribution in [0.3, 0.4) is 0 Å². The molecule has 0 spiro atoms. The van der Waals surface area contributed by atoms with Gasteiger partial charge in [0.1, 0.15) is 11.6 Å². The highest BCUT2D eigenvalue weighted by Gasteiger charge is 2.12. The van der Waals surface area contributed by atoms with Gasteiger partial charge in [0, 0.05) is 0 Å². The summed E-state index contributed by atoms with van der Waals surface area (Å²) in [6, 6.07) is 2.85. The Morgan fingerprint density at radius 2 is 2.23 bits per heavy atom. The Kier molecular flexibility index (Phi) is 3.31. The lowest BCUT2D eigenvalue weighted by atomic mass is 10.2. The number of hydrogen-bond acceptors (Lipinski definition) is 3. The van der Waals surface area contributed by atoms with Crippen LogP contribution >= 0.6 is 11.8 Å². The normalized spacial score (nSPS) is 9.77. The third-order valence-corrected chi connectivity index (χ3v) is 2.41. The highest BCUT2D eigenvalue weighted by Crippen LogP contribution is 2.31. The molecule has 1 rings (SSSR count). The molecule has 0 aliphatic carbocycles. The van der Waals surface area contributed by atoms with E-state index >= 15 is 0 Å². The highest BCUT2D eigenvalue weighted by molar-refractivity contribution is 7.98.